The maximum Gasteiger partial charge on any atom is 0.347 e. The number of ether oxygens (including phenoxy) is 2. The van der Waals surface area contributed by atoms with E-state index in [1.54, 1.807) is 12.1 Å². The Labute approximate surface area is 178 Å². The number of halogens is 1. The van der Waals surface area contributed by atoms with Crippen LogP contribution in [0.3, 0.4) is 0 Å². The highest BCUT2D eigenvalue weighted by atomic mass is 35.5. The van der Waals surface area contributed by atoms with Crippen LogP contribution in [-0.2, 0) is 13.1 Å². The fraction of sp³-hybridized carbons (Fsp3) is 0.458. The summed E-state index contributed by atoms with van der Waals surface area (Å²) in [6, 6.07) is 9.54. The molecule has 0 amide bonds. The first kappa shape index (κ1) is 21.7. The predicted molar refractivity (Wildman–Crippen MR) is 117 cm³/mol. The first-order valence-electron chi connectivity index (χ1n) is 10.5. The van der Waals surface area contributed by atoms with Gasteiger partial charge in [-0.15, -0.1) is 0 Å². The average molecular weight is 416 g/mol. The summed E-state index contributed by atoms with van der Waals surface area (Å²) >= 11 is 6.75. The van der Waals surface area contributed by atoms with E-state index in [-0.39, 0.29) is 0 Å². The van der Waals surface area contributed by atoms with Crippen molar-refractivity contribution >= 4 is 17.6 Å². The molecule has 5 heteroatoms. The Morgan fingerprint density at radius 1 is 1.17 bits per heavy atom. The maximum atomic E-state index is 13.1. The van der Waals surface area contributed by atoms with Gasteiger partial charge < -0.3 is 9.47 Å². The quantitative estimate of drug-likeness (QED) is 0.294. The summed E-state index contributed by atoms with van der Waals surface area (Å²) in [7, 11) is 0. The molecular formula is C24H30ClNO3. The monoisotopic (exact) mass is 415 g/mol. The van der Waals surface area contributed by atoms with E-state index >= 15 is 0 Å². The van der Waals surface area contributed by atoms with Crippen molar-refractivity contribution in [1.82, 2.24) is 4.90 Å². The van der Waals surface area contributed by atoms with E-state index in [1.807, 2.05) is 25.1 Å². The molecule has 2 aromatic rings. The van der Waals surface area contributed by atoms with Crippen molar-refractivity contribution in [2.75, 3.05) is 6.61 Å². The number of hydrogen-bond donors (Lipinski definition) is 0. The van der Waals surface area contributed by atoms with E-state index in [2.05, 4.69) is 25.7 Å². The van der Waals surface area contributed by atoms with Crippen LogP contribution < -0.4 is 9.47 Å². The lowest BCUT2D eigenvalue weighted by atomic mass is 9.98. The minimum atomic E-state index is -0.424. The van der Waals surface area contributed by atoms with Crippen molar-refractivity contribution in [3.05, 3.63) is 57.6 Å². The number of rotatable bonds is 8. The minimum absolute atomic E-state index is 0.424. The fourth-order valence-electron chi connectivity index (χ4n) is 3.66. The van der Waals surface area contributed by atoms with E-state index in [0.29, 0.717) is 34.7 Å². The van der Waals surface area contributed by atoms with E-state index in [9.17, 15) is 4.79 Å². The van der Waals surface area contributed by atoms with Gasteiger partial charge in [-0.25, -0.2) is 4.79 Å². The second-order valence-electron chi connectivity index (χ2n) is 7.67. The molecule has 0 spiro atoms. The molecule has 0 aromatic heterocycles. The number of carbonyl (C=O) groups is 1. The first-order chi connectivity index (χ1) is 14.0. The van der Waals surface area contributed by atoms with Gasteiger partial charge in [0, 0.05) is 29.7 Å². The summed E-state index contributed by atoms with van der Waals surface area (Å²) in [6.45, 7) is 10.5. The molecule has 156 valence electrons. The molecule has 3 rings (SSSR count). The largest absolute Gasteiger partial charge is 0.492 e. The maximum absolute atomic E-state index is 13.1. The summed E-state index contributed by atoms with van der Waals surface area (Å²) in [5.74, 6) is 0.725. The zero-order valence-corrected chi connectivity index (χ0v) is 18.5. The lowest BCUT2D eigenvalue weighted by Crippen LogP contribution is -2.26. The Morgan fingerprint density at radius 3 is 2.52 bits per heavy atom. The second-order valence-corrected chi connectivity index (χ2v) is 8.05. The number of para-hydroxylation sites is 1. The predicted octanol–water partition coefficient (Wildman–Crippen LogP) is 6.16. The highest BCUT2D eigenvalue weighted by Crippen LogP contribution is 2.43. The van der Waals surface area contributed by atoms with Gasteiger partial charge in [-0.2, -0.15) is 0 Å². The molecule has 0 unspecified atom stereocenters. The molecule has 0 fully saturated rings. The molecule has 0 aliphatic carbocycles. The Hall–Kier alpha value is -2.04. The fourth-order valence-corrected chi connectivity index (χ4v) is 3.93. The van der Waals surface area contributed by atoms with Crippen LogP contribution in [0, 0.1) is 6.92 Å². The van der Waals surface area contributed by atoms with Gasteiger partial charge in [0.1, 0.15) is 17.1 Å². The van der Waals surface area contributed by atoms with Gasteiger partial charge in [-0.05, 0) is 49.9 Å². The third-order valence-corrected chi connectivity index (χ3v) is 6.18. The molecule has 1 atom stereocenters. The van der Waals surface area contributed by atoms with Crippen LogP contribution in [0.25, 0.3) is 0 Å². The second kappa shape index (κ2) is 9.64. The van der Waals surface area contributed by atoms with Crippen LogP contribution in [0.5, 0.6) is 11.5 Å². The summed E-state index contributed by atoms with van der Waals surface area (Å²) in [5, 5.41) is 0.647. The normalized spacial score (nSPS) is 14.5. The van der Waals surface area contributed by atoms with Crippen LogP contribution in [-0.4, -0.2) is 23.5 Å². The minimum Gasteiger partial charge on any atom is -0.492 e. The molecule has 1 aliphatic heterocycles. The number of hydrogen-bond acceptors (Lipinski definition) is 4. The van der Waals surface area contributed by atoms with Gasteiger partial charge >= 0.3 is 5.97 Å². The molecule has 2 aromatic carbocycles. The molecule has 1 aliphatic rings. The van der Waals surface area contributed by atoms with Crippen LogP contribution in [0.4, 0.5) is 0 Å². The van der Waals surface area contributed by atoms with E-state index < -0.39 is 5.97 Å². The van der Waals surface area contributed by atoms with Crippen molar-refractivity contribution in [2.24, 2.45) is 0 Å². The third kappa shape index (κ3) is 4.59. The molecule has 29 heavy (non-hydrogen) atoms. The van der Waals surface area contributed by atoms with Crippen molar-refractivity contribution in [2.45, 2.75) is 66.1 Å². The Balaban J connectivity index is 2.03. The number of carbonyl (C=O) groups excluding carboxylic acids is 1. The van der Waals surface area contributed by atoms with Gasteiger partial charge in [0.15, 0.2) is 0 Å². The third-order valence-electron chi connectivity index (χ3n) is 5.67. The average Bonchev–Trinajstić information content (AvgIpc) is 3.17. The first-order valence-corrected chi connectivity index (χ1v) is 10.8. The lowest BCUT2D eigenvalue weighted by molar-refractivity contribution is 0.0729. The van der Waals surface area contributed by atoms with Gasteiger partial charge in [-0.3, -0.25) is 4.90 Å². The van der Waals surface area contributed by atoms with Gasteiger partial charge in [0.25, 0.3) is 0 Å². The Morgan fingerprint density at radius 2 is 1.86 bits per heavy atom. The topological polar surface area (TPSA) is 38.8 Å². The highest BCUT2D eigenvalue weighted by molar-refractivity contribution is 6.33. The Kier molecular flexibility index (Phi) is 7.20. The molecule has 0 saturated heterocycles. The van der Waals surface area contributed by atoms with Crippen LogP contribution in [0.1, 0.15) is 67.1 Å². The molecular weight excluding hydrogens is 386 g/mol. The van der Waals surface area contributed by atoms with Crippen molar-refractivity contribution in [1.29, 1.82) is 0 Å². The number of nitrogens with zero attached hydrogens (tertiary/aromatic N) is 1. The SMILES string of the molecule is CCCCOc1c2c(c(Cl)c(C)c1C(=O)Oc1ccccc1)CN([C@H](C)CC)C2. The number of unbranched alkanes of at least 4 members (excludes halogenated alkanes) is 1. The summed E-state index contributed by atoms with van der Waals surface area (Å²) < 4.78 is 11.8. The van der Waals surface area contributed by atoms with E-state index in [4.69, 9.17) is 21.1 Å². The molecule has 0 N–H and O–H groups in total. The Bertz CT molecular complexity index is 866. The summed E-state index contributed by atoms with van der Waals surface area (Å²) in [5.41, 5.74) is 3.27. The highest BCUT2D eigenvalue weighted by Gasteiger charge is 2.33. The van der Waals surface area contributed by atoms with Gasteiger partial charge in [0.05, 0.1) is 6.61 Å². The number of esters is 1. The van der Waals surface area contributed by atoms with Gasteiger partial charge in [0.2, 0.25) is 0 Å². The van der Waals surface area contributed by atoms with Crippen molar-refractivity contribution in [3.63, 3.8) is 0 Å². The van der Waals surface area contributed by atoms with Crippen LogP contribution in [0.15, 0.2) is 30.3 Å². The zero-order valence-electron chi connectivity index (χ0n) is 17.8. The number of fused-ring (bicyclic) bond motifs is 1. The van der Waals surface area contributed by atoms with E-state index in [1.165, 1.54) is 0 Å². The van der Waals surface area contributed by atoms with E-state index in [0.717, 1.165) is 49.0 Å². The number of benzene rings is 2. The van der Waals surface area contributed by atoms with Crippen LogP contribution in [0.2, 0.25) is 5.02 Å². The molecule has 4 nitrogen and oxygen atoms in total. The summed E-state index contributed by atoms with van der Waals surface area (Å²) in [4.78, 5) is 15.5. The molecule has 0 bridgehead atoms. The smallest absolute Gasteiger partial charge is 0.347 e. The summed E-state index contributed by atoms with van der Waals surface area (Å²) in [6.07, 6.45) is 3.01. The van der Waals surface area contributed by atoms with Gasteiger partial charge in [-0.1, -0.05) is 50.1 Å². The van der Waals surface area contributed by atoms with Crippen molar-refractivity contribution < 1.29 is 14.3 Å². The lowest BCUT2D eigenvalue weighted by Gasteiger charge is -2.22. The van der Waals surface area contributed by atoms with Crippen LogP contribution >= 0.6 is 11.6 Å². The zero-order chi connectivity index (χ0) is 21.0. The van der Waals surface area contributed by atoms with Crippen molar-refractivity contribution in [3.8, 4) is 11.5 Å². The molecule has 0 radical (unpaired) electrons. The molecule has 0 saturated carbocycles. The molecule has 1 heterocycles. The standard InChI is InChI=1S/C24H30ClNO3/c1-5-7-13-28-23-20-15-26(16(3)6-2)14-19(20)22(25)17(4)21(23)24(27)29-18-11-9-8-10-12-18/h8-12,16H,5-7,13-15H2,1-4H3/t16-/m1/s1.